The Balaban J connectivity index is 1.54. The Morgan fingerprint density at radius 3 is 2.61 bits per heavy atom. The van der Waals surface area contributed by atoms with Crippen molar-refractivity contribution in [3.8, 4) is 5.75 Å². The molecule has 0 fully saturated rings. The van der Waals surface area contributed by atoms with Crippen molar-refractivity contribution in [1.29, 1.82) is 0 Å². The number of amides is 1. The fourth-order valence-electron chi connectivity index (χ4n) is 2.85. The number of aromatic nitrogens is 2. The zero-order valence-electron chi connectivity index (χ0n) is 16.3. The van der Waals surface area contributed by atoms with E-state index >= 15 is 0 Å². The second-order valence-electron chi connectivity index (χ2n) is 6.60. The van der Waals surface area contributed by atoms with Gasteiger partial charge in [-0.25, -0.2) is 0 Å². The van der Waals surface area contributed by atoms with E-state index in [2.05, 4.69) is 26.9 Å². The number of benzene rings is 2. The van der Waals surface area contributed by atoms with E-state index in [1.807, 2.05) is 50.2 Å². The Morgan fingerprint density at radius 2 is 1.89 bits per heavy atom. The lowest BCUT2D eigenvalue weighted by Crippen LogP contribution is -2.16. The first-order chi connectivity index (χ1) is 13.5. The van der Waals surface area contributed by atoms with Crippen LogP contribution in [0.4, 0.5) is 11.5 Å². The van der Waals surface area contributed by atoms with Crippen LogP contribution in [0.3, 0.4) is 0 Å². The third-order valence-corrected chi connectivity index (χ3v) is 4.38. The van der Waals surface area contributed by atoms with Crippen molar-refractivity contribution < 1.29 is 9.53 Å². The molecule has 0 aliphatic carbocycles. The molecule has 28 heavy (non-hydrogen) atoms. The highest BCUT2D eigenvalue weighted by molar-refractivity contribution is 6.03. The molecule has 0 bridgehead atoms. The van der Waals surface area contributed by atoms with E-state index in [0.29, 0.717) is 12.4 Å². The van der Waals surface area contributed by atoms with Crippen molar-refractivity contribution in [2.75, 3.05) is 24.3 Å². The minimum atomic E-state index is -0.276. The van der Waals surface area contributed by atoms with Crippen LogP contribution in [0.2, 0.25) is 0 Å². The molecule has 1 heterocycles. The third-order valence-electron chi connectivity index (χ3n) is 4.38. The van der Waals surface area contributed by atoms with E-state index in [0.717, 1.165) is 29.0 Å². The van der Waals surface area contributed by atoms with Crippen molar-refractivity contribution in [2.24, 2.45) is 0 Å². The van der Waals surface area contributed by atoms with Crippen LogP contribution in [0.15, 0.2) is 54.6 Å². The number of hydrogen-bond acceptors (Lipinski definition) is 5. The maximum atomic E-state index is 12.4. The first kappa shape index (κ1) is 19.4. The van der Waals surface area contributed by atoms with Crippen LogP contribution in [0.25, 0.3) is 0 Å². The number of anilines is 2. The molecule has 0 spiro atoms. The molecule has 0 aliphatic rings. The van der Waals surface area contributed by atoms with Gasteiger partial charge in [-0.3, -0.25) is 4.79 Å². The number of methoxy groups -OCH3 is 1. The highest BCUT2D eigenvalue weighted by Gasteiger charge is 2.10. The lowest BCUT2D eigenvalue weighted by atomic mass is 10.1. The molecule has 2 aromatic carbocycles. The van der Waals surface area contributed by atoms with Crippen molar-refractivity contribution in [2.45, 2.75) is 20.3 Å². The summed E-state index contributed by atoms with van der Waals surface area (Å²) in [5, 5.41) is 14.2. The van der Waals surface area contributed by atoms with E-state index < -0.39 is 0 Å². The van der Waals surface area contributed by atoms with Crippen LogP contribution >= 0.6 is 0 Å². The summed E-state index contributed by atoms with van der Waals surface area (Å²) in [7, 11) is 1.66. The Hall–Kier alpha value is -3.41. The maximum Gasteiger partial charge on any atom is 0.276 e. The van der Waals surface area contributed by atoms with Gasteiger partial charge in [-0.2, -0.15) is 0 Å². The minimum Gasteiger partial charge on any atom is -0.497 e. The quantitative estimate of drug-likeness (QED) is 0.652. The van der Waals surface area contributed by atoms with E-state index in [-0.39, 0.29) is 11.6 Å². The summed E-state index contributed by atoms with van der Waals surface area (Å²) in [6, 6.07) is 17.3. The molecular weight excluding hydrogens is 352 g/mol. The maximum absolute atomic E-state index is 12.4. The van der Waals surface area contributed by atoms with Crippen molar-refractivity contribution >= 4 is 17.4 Å². The predicted molar refractivity (Wildman–Crippen MR) is 111 cm³/mol. The zero-order chi connectivity index (χ0) is 19.9. The molecule has 0 unspecified atom stereocenters. The van der Waals surface area contributed by atoms with Gasteiger partial charge >= 0.3 is 0 Å². The van der Waals surface area contributed by atoms with Crippen LogP contribution in [0, 0.1) is 13.8 Å². The minimum absolute atomic E-state index is 0.276. The summed E-state index contributed by atoms with van der Waals surface area (Å²) in [5.74, 6) is 1.20. The largest absolute Gasteiger partial charge is 0.497 e. The first-order valence-corrected chi connectivity index (χ1v) is 9.14. The molecule has 6 heteroatoms. The van der Waals surface area contributed by atoms with E-state index in [4.69, 9.17) is 4.74 Å². The van der Waals surface area contributed by atoms with Crippen LogP contribution in [-0.4, -0.2) is 29.8 Å². The van der Waals surface area contributed by atoms with Gasteiger partial charge in [-0.1, -0.05) is 29.8 Å². The molecule has 1 aromatic heterocycles. The van der Waals surface area contributed by atoms with Crippen LogP contribution in [-0.2, 0) is 6.42 Å². The summed E-state index contributed by atoms with van der Waals surface area (Å²) in [6.07, 6.45) is 0.827. The molecule has 144 valence electrons. The number of rotatable bonds is 7. The van der Waals surface area contributed by atoms with Gasteiger partial charge in [0.1, 0.15) is 11.6 Å². The van der Waals surface area contributed by atoms with Gasteiger partial charge in [0.25, 0.3) is 5.91 Å². The standard InChI is InChI=1S/C22H24N4O2/c1-15-7-8-19(16(2)13-15)24-22(27)20-9-10-21(26-25-20)23-12-11-17-5-4-6-18(14-17)28-3/h4-10,13-14H,11-12H2,1-3H3,(H,23,26)(H,24,27). The zero-order valence-corrected chi connectivity index (χ0v) is 16.3. The highest BCUT2D eigenvalue weighted by Crippen LogP contribution is 2.17. The monoisotopic (exact) mass is 376 g/mol. The van der Waals surface area contributed by atoms with E-state index in [1.165, 1.54) is 5.56 Å². The van der Waals surface area contributed by atoms with Crippen molar-refractivity contribution in [3.63, 3.8) is 0 Å². The number of carbonyl (C=O) groups is 1. The molecule has 1 amide bonds. The number of aryl methyl sites for hydroxylation is 2. The second-order valence-corrected chi connectivity index (χ2v) is 6.60. The molecule has 0 saturated carbocycles. The third kappa shape index (κ3) is 5.07. The summed E-state index contributed by atoms with van der Waals surface area (Å²) >= 11 is 0. The molecule has 3 aromatic rings. The number of hydrogen-bond donors (Lipinski definition) is 2. The Bertz CT molecular complexity index is 955. The van der Waals surface area contributed by atoms with Gasteiger partial charge in [0.05, 0.1) is 7.11 Å². The Kier molecular flexibility index (Phi) is 6.22. The molecular formula is C22H24N4O2. The number of carbonyl (C=O) groups excluding carboxylic acids is 1. The highest BCUT2D eigenvalue weighted by atomic mass is 16.5. The molecule has 2 N–H and O–H groups in total. The second kappa shape index (κ2) is 8.99. The van der Waals surface area contributed by atoms with E-state index in [1.54, 1.807) is 19.2 Å². The fraction of sp³-hybridized carbons (Fsp3) is 0.227. The molecule has 0 aliphatic heterocycles. The van der Waals surface area contributed by atoms with Crippen LogP contribution < -0.4 is 15.4 Å². The lowest BCUT2D eigenvalue weighted by molar-refractivity contribution is 0.102. The van der Waals surface area contributed by atoms with Crippen molar-refractivity contribution in [1.82, 2.24) is 10.2 Å². The Morgan fingerprint density at radius 1 is 1.04 bits per heavy atom. The average Bonchev–Trinajstić information content (AvgIpc) is 2.71. The van der Waals surface area contributed by atoms with E-state index in [9.17, 15) is 4.79 Å². The fourth-order valence-corrected chi connectivity index (χ4v) is 2.85. The smallest absolute Gasteiger partial charge is 0.276 e. The van der Waals surface area contributed by atoms with Gasteiger partial charge in [0, 0.05) is 12.2 Å². The molecule has 6 nitrogen and oxygen atoms in total. The van der Waals surface area contributed by atoms with Gasteiger partial charge < -0.3 is 15.4 Å². The Labute approximate surface area is 165 Å². The topological polar surface area (TPSA) is 76.1 Å². The number of nitrogens with zero attached hydrogens (tertiary/aromatic N) is 2. The molecule has 3 rings (SSSR count). The average molecular weight is 376 g/mol. The van der Waals surface area contributed by atoms with Gasteiger partial charge in [-0.05, 0) is 61.7 Å². The lowest BCUT2D eigenvalue weighted by Gasteiger charge is -2.09. The summed E-state index contributed by atoms with van der Waals surface area (Å²) in [5.41, 5.74) is 4.39. The summed E-state index contributed by atoms with van der Waals surface area (Å²) in [6.45, 7) is 4.68. The van der Waals surface area contributed by atoms with Crippen LogP contribution in [0.5, 0.6) is 5.75 Å². The van der Waals surface area contributed by atoms with Crippen LogP contribution in [0.1, 0.15) is 27.2 Å². The number of ether oxygens (including phenoxy) is 1. The van der Waals surface area contributed by atoms with Gasteiger partial charge in [0.15, 0.2) is 5.69 Å². The first-order valence-electron chi connectivity index (χ1n) is 9.14. The normalized spacial score (nSPS) is 10.4. The van der Waals surface area contributed by atoms with Gasteiger partial charge in [-0.15, -0.1) is 10.2 Å². The molecule has 0 saturated heterocycles. The summed E-state index contributed by atoms with van der Waals surface area (Å²) < 4.78 is 5.23. The van der Waals surface area contributed by atoms with Crippen molar-refractivity contribution in [3.05, 3.63) is 77.0 Å². The van der Waals surface area contributed by atoms with Gasteiger partial charge in [0.2, 0.25) is 0 Å². The predicted octanol–water partition coefficient (Wildman–Crippen LogP) is 4.01. The molecule has 0 radical (unpaired) electrons. The molecule has 0 atom stereocenters. The number of nitrogens with one attached hydrogen (secondary N) is 2. The summed E-state index contributed by atoms with van der Waals surface area (Å²) in [4.78, 5) is 12.4. The SMILES string of the molecule is COc1cccc(CCNc2ccc(C(=O)Nc3ccc(C)cc3C)nn2)c1.